The number of hydrogen-bond donors (Lipinski definition) is 0. The maximum Gasteiger partial charge on any atom is 0.139 e. The van der Waals surface area contributed by atoms with Crippen LogP contribution in [-0.4, -0.2) is 0 Å². The Labute approximate surface area is 142 Å². The van der Waals surface area contributed by atoms with E-state index in [1.165, 1.54) is 33.0 Å². The van der Waals surface area contributed by atoms with Crippen LogP contribution >= 0.6 is 0 Å². The van der Waals surface area contributed by atoms with Gasteiger partial charge in [0.1, 0.15) is 11.2 Å². The number of furan rings is 1. The summed E-state index contributed by atoms with van der Waals surface area (Å²) in [6.07, 6.45) is 0. The van der Waals surface area contributed by atoms with E-state index in [4.69, 9.17) is 4.42 Å². The molecule has 0 amide bonds. The highest BCUT2D eigenvalue weighted by molar-refractivity contribution is 6.07. The molecule has 0 radical (unpaired) electrons. The molecule has 120 valence electrons. The molecule has 0 saturated heterocycles. The zero-order chi connectivity index (χ0) is 16.9. The van der Waals surface area contributed by atoms with Gasteiger partial charge in [0.2, 0.25) is 0 Å². The number of hydrogen-bond acceptors (Lipinski definition) is 1. The maximum absolute atomic E-state index is 6.30. The molecule has 4 rings (SSSR count). The Morgan fingerprint density at radius 3 is 2.17 bits per heavy atom. The molecule has 0 atom stereocenters. The summed E-state index contributed by atoms with van der Waals surface area (Å²) in [4.78, 5) is 0. The molecule has 0 aliphatic heterocycles. The van der Waals surface area contributed by atoms with E-state index in [2.05, 4.69) is 76.2 Å². The van der Waals surface area contributed by atoms with Crippen LogP contribution in [0.25, 0.3) is 33.1 Å². The Morgan fingerprint density at radius 1 is 0.750 bits per heavy atom. The highest BCUT2D eigenvalue weighted by atomic mass is 16.3. The molecule has 1 aromatic heterocycles. The van der Waals surface area contributed by atoms with Crippen LogP contribution in [0.15, 0.2) is 65.1 Å². The summed E-state index contributed by atoms with van der Waals surface area (Å²) in [5.41, 5.74) is 7.02. The minimum atomic E-state index is -0.00634. The number of benzene rings is 3. The topological polar surface area (TPSA) is 13.1 Å². The van der Waals surface area contributed by atoms with Gasteiger partial charge in [-0.05, 0) is 35.6 Å². The van der Waals surface area contributed by atoms with Crippen LogP contribution in [0, 0.1) is 6.92 Å². The van der Waals surface area contributed by atoms with Gasteiger partial charge in [-0.3, -0.25) is 0 Å². The van der Waals surface area contributed by atoms with E-state index in [9.17, 15) is 0 Å². The van der Waals surface area contributed by atoms with Crippen molar-refractivity contribution >= 4 is 21.9 Å². The van der Waals surface area contributed by atoms with Crippen molar-refractivity contribution in [1.29, 1.82) is 0 Å². The minimum Gasteiger partial charge on any atom is -0.456 e. The molecule has 4 aromatic rings. The lowest BCUT2D eigenvalue weighted by Crippen LogP contribution is -2.13. The average Bonchev–Trinajstić information content (AvgIpc) is 2.92. The van der Waals surface area contributed by atoms with Crippen molar-refractivity contribution in [1.82, 2.24) is 0 Å². The normalized spacial score (nSPS) is 12.2. The molecule has 1 nitrogen and oxygen atoms in total. The van der Waals surface area contributed by atoms with E-state index in [1.54, 1.807) is 0 Å². The molecule has 0 N–H and O–H groups in total. The van der Waals surface area contributed by atoms with E-state index >= 15 is 0 Å². The van der Waals surface area contributed by atoms with Crippen molar-refractivity contribution in [3.63, 3.8) is 0 Å². The smallest absolute Gasteiger partial charge is 0.139 e. The quantitative estimate of drug-likeness (QED) is 0.374. The second-order valence-corrected chi connectivity index (χ2v) is 7.58. The average molecular weight is 314 g/mol. The zero-order valence-electron chi connectivity index (χ0n) is 14.7. The van der Waals surface area contributed by atoms with Gasteiger partial charge in [0, 0.05) is 16.3 Å². The first kappa shape index (κ1) is 15.0. The maximum atomic E-state index is 6.30. The number of fused-ring (bicyclic) bond motifs is 3. The molecule has 3 aromatic carbocycles. The van der Waals surface area contributed by atoms with Crippen LogP contribution < -0.4 is 0 Å². The monoisotopic (exact) mass is 314 g/mol. The van der Waals surface area contributed by atoms with Gasteiger partial charge in [-0.2, -0.15) is 0 Å². The summed E-state index contributed by atoms with van der Waals surface area (Å²) in [5, 5.41) is 2.39. The van der Waals surface area contributed by atoms with Crippen molar-refractivity contribution in [3.8, 4) is 11.1 Å². The summed E-state index contributed by atoms with van der Waals surface area (Å²) < 4.78 is 6.30. The van der Waals surface area contributed by atoms with Gasteiger partial charge >= 0.3 is 0 Å². The van der Waals surface area contributed by atoms with Crippen LogP contribution in [0.2, 0.25) is 0 Å². The van der Waals surface area contributed by atoms with Crippen LogP contribution in [0.4, 0.5) is 0 Å². The lowest BCUT2D eigenvalue weighted by atomic mass is 9.80. The van der Waals surface area contributed by atoms with Crippen molar-refractivity contribution in [2.75, 3.05) is 0 Å². The van der Waals surface area contributed by atoms with Crippen molar-refractivity contribution in [2.45, 2.75) is 33.1 Å². The van der Waals surface area contributed by atoms with Crippen LogP contribution in [0.1, 0.15) is 31.9 Å². The van der Waals surface area contributed by atoms with Gasteiger partial charge in [-0.15, -0.1) is 0 Å². The number of aryl methyl sites for hydroxylation is 1. The first-order chi connectivity index (χ1) is 11.4. The summed E-state index contributed by atoms with van der Waals surface area (Å²) in [7, 11) is 0. The fourth-order valence-electron chi connectivity index (χ4n) is 3.51. The SMILES string of the molecule is Cc1ccc(-c2ccc3c(oc4ccccc43)c2C(C)(C)C)cc1. The third kappa shape index (κ3) is 2.32. The molecule has 0 fully saturated rings. The highest BCUT2D eigenvalue weighted by Gasteiger charge is 2.25. The van der Waals surface area contributed by atoms with Gasteiger partial charge in [-0.1, -0.05) is 74.9 Å². The molecule has 24 heavy (non-hydrogen) atoms. The lowest BCUT2D eigenvalue weighted by molar-refractivity contribution is 0.574. The van der Waals surface area contributed by atoms with Crippen LogP contribution in [0.3, 0.4) is 0 Å². The van der Waals surface area contributed by atoms with Gasteiger partial charge in [0.25, 0.3) is 0 Å². The van der Waals surface area contributed by atoms with E-state index < -0.39 is 0 Å². The van der Waals surface area contributed by atoms with E-state index in [0.29, 0.717) is 0 Å². The predicted molar refractivity (Wildman–Crippen MR) is 103 cm³/mol. The Morgan fingerprint density at radius 2 is 1.46 bits per heavy atom. The molecule has 0 spiro atoms. The van der Waals surface area contributed by atoms with Crippen molar-refractivity contribution < 1.29 is 4.42 Å². The second kappa shape index (κ2) is 5.24. The number of rotatable bonds is 1. The fourth-order valence-corrected chi connectivity index (χ4v) is 3.51. The van der Waals surface area contributed by atoms with Gasteiger partial charge < -0.3 is 4.42 Å². The molecule has 0 saturated carbocycles. The van der Waals surface area contributed by atoms with Crippen LogP contribution in [0.5, 0.6) is 0 Å². The Bertz CT molecular complexity index is 1030. The zero-order valence-corrected chi connectivity index (χ0v) is 14.7. The fraction of sp³-hybridized carbons (Fsp3) is 0.217. The molecule has 0 unspecified atom stereocenters. The van der Waals surface area contributed by atoms with Crippen molar-refractivity contribution in [2.24, 2.45) is 0 Å². The molecule has 0 aliphatic rings. The Kier molecular flexibility index (Phi) is 3.28. The van der Waals surface area contributed by atoms with E-state index in [-0.39, 0.29) is 5.41 Å². The standard InChI is InChI=1S/C23H22O/c1-15-9-11-16(12-10-15)17-13-14-19-18-7-5-6-8-20(18)24-22(19)21(17)23(2,3)4/h5-14H,1-4H3. The largest absolute Gasteiger partial charge is 0.456 e. The molecular weight excluding hydrogens is 292 g/mol. The van der Waals surface area contributed by atoms with Gasteiger partial charge in [0.05, 0.1) is 0 Å². The molecular formula is C23H22O. The predicted octanol–water partition coefficient (Wildman–Crippen LogP) is 6.86. The van der Waals surface area contributed by atoms with Crippen LogP contribution in [-0.2, 0) is 5.41 Å². The molecule has 1 heterocycles. The van der Waals surface area contributed by atoms with Gasteiger partial charge in [0.15, 0.2) is 0 Å². The Hall–Kier alpha value is -2.54. The summed E-state index contributed by atoms with van der Waals surface area (Å²) in [6.45, 7) is 8.89. The van der Waals surface area contributed by atoms with E-state index in [0.717, 1.165) is 11.2 Å². The highest BCUT2D eigenvalue weighted by Crippen LogP contribution is 2.41. The minimum absolute atomic E-state index is 0.00634. The third-order valence-electron chi connectivity index (χ3n) is 4.66. The van der Waals surface area contributed by atoms with E-state index in [1.807, 2.05) is 12.1 Å². The third-order valence-corrected chi connectivity index (χ3v) is 4.66. The van der Waals surface area contributed by atoms with Gasteiger partial charge in [-0.25, -0.2) is 0 Å². The summed E-state index contributed by atoms with van der Waals surface area (Å²) in [5.74, 6) is 0. The second-order valence-electron chi connectivity index (χ2n) is 7.58. The van der Waals surface area contributed by atoms with Crippen molar-refractivity contribution in [3.05, 3.63) is 71.8 Å². The summed E-state index contributed by atoms with van der Waals surface area (Å²) in [6, 6.07) is 21.5. The molecule has 1 heteroatoms. The molecule has 0 aliphatic carbocycles. The first-order valence-electron chi connectivity index (χ1n) is 8.47. The molecule has 0 bridgehead atoms. The summed E-state index contributed by atoms with van der Waals surface area (Å²) >= 11 is 0. The first-order valence-corrected chi connectivity index (χ1v) is 8.47. The lowest BCUT2D eigenvalue weighted by Gasteiger charge is -2.23. The number of para-hydroxylation sites is 1. The Balaban J connectivity index is 2.11.